The highest BCUT2D eigenvalue weighted by molar-refractivity contribution is 7.92. The van der Waals surface area contributed by atoms with E-state index in [0.717, 1.165) is 0 Å². The number of sulfonamides is 1. The molecule has 0 unspecified atom stereocenters. The van der Waals surface area contributed by atoms with E-state index >= 15 is 0 Å². The van der Waals surface area contributed by atoms with Crippen LogP contribution in [-0.4, -0.2) is 30.0 Å². The lowest BCUT2D eigenvalue weighted by Crippen LogP contribution is -2.28. The Kier molecular flexibility index (Phi) is 4.15. The molecule has 1 aromatic carbocycles. The van der Waals surface area contributed by atoms with E-state index in [1.54, 1.807) is 0 Å². The van der Waals surface area contributed by atoms with Crippen LogP contribution in [0.3, 0.4) is 0 Å². The molecule has 108 valence electrons. The number of anilines is 1. The third-order valence-corrected chi connectivity index (χ3v) is 4.18. The second kappa shape index (κ2) is 5.68. The van der Waals surface area contributed by atoms with Crippen LogP contribution in [0.15, 0.2) is 27.8 Å². The molecule has 2 aromatic rings. The number of H-pyrrole nitrogens is 2. The van der Waals surface area contributed by atoms with Gasteiger partial charge >= 0.3 is 11.1 Å². The maximum atomic E-state index is 11.7. The van der Waals surface area contributed by atoms with E-state index < -0.39 is 21.1 Å². The van der Waals surface area contributed by atoms with Crippen molar-refractivity contribution in [2.24, 2.45) is 0 Å². The molecule has 0 spiro atoms. The maximum absolute atomic E-state index is 11.7. The Labute approximate surface area is 119 Å². The molecule has 0 fully saturated rings. The Morgan fingerprint density at radius 3 is 2.40 bits per heavy atom. The standard InChI is InChI=1S/C11H12ClN3O4S/c12-4-1-5-20(18,19)15-7-2-3-8-9(6-7)14-11(17)10(16)13-8/h2-3,6,15H,1,4-5H2,(H,13,16)(H,14,17). The van der Waals surface area contributed by atoms with Crippen LogP contribution in [-0.2, 0) is 10.0 Å². The monoisotopic (exact) mass is 317 g/mol. The second-order valence-corrected chi connectivity index (χ2v) is 6.35. The Bertz CT molecular complexity index is 841. The molecule has 1 heterocycles. The molecule has 3 N–H and O–H groups in total. The van der Waals surface area contributed by atoms with Crippen LogP contribution in [0.4, 0.5) is 5.69 Å². The summed E-state index contributed by atoms with van der Waals surface area (Å²) >= 11 is 5.46. The van der Waals surface area contributed by atoms with Gasteiger partial charge in [-0.3, -0.25) is 14.3 Å². The van der Waals surface area contributed by atoms with Crippen LogP contribution in [0, 0.1) is 0 Å². The van der Waals surface area contributed by atoms with E-state index in [1.165, 1.54) is 18.2 Å². The predicted octanol–water partition coefficient (Wildman–Crippen LogP) is 0.587. The van der Waals surface area contributed by atoms with Crippen LogP contribution >= 0.6 is 11.6 Å². The summed E-state index contributed by atoms with van der Waals surface area (Å²) < 4.78 is 25.8. The van der Waals surface area contributed by atoms with Gasteiger partial charge in [0.25, 0.3) is 0 Å². The third-order valence-electron chi connectivity index (χ3n) is 2.54. The number of hydrogen-bond donors (Lipinski definition) is 3. The first kappa shape index (κ1) is 14.6. The fraction of sp³-hybridized carbons (Fsp3) is 0.273. The highest BCUT2D eigenvalue weighted by Crippen LogP contribution is 2.15. The number of rotatable bonds is 5. The van der Waals surface area contributed by atoms with Gasteiger partial charge < -0.3 is 9.97 Å². The summed E-state index contributed by atoms with van der Waals surface area (Å²) in [7, 11) is -3.48. The number of halogens is 1. The smallest absolute Gasteiger partial charge is 0.314 e. The quantitative estimate of drug-likeness (QED) is 0.553. The summed E-state index contributed by atoms with van der Waals surface area (Å²) in [6, 6.07) is 4.44. The van der Waals surface area contributed by atoms with Crippen LogP contribution in [0.5, 0.6) is 0 Å². The number of nitrogens with one attached hydrogen (secondary N) is 3. The minimum atomic E-state index is -3.48. The topological polar surface area (TPSA) is 112 Å². The van der Waals surface area contributed by atoms with Crippen LogP contribution in [0.2, 0.25) is 0 Å². The molecule has 2 rings (SSSR count). The van der Waals surface area contributed by atoms with E-state index in [2.05, 4.69) is 14.7 Å². The van der Waals surface area contributed by atoms with Crippen molar-refractivity contribution in [1.82, 2.24) is 9.97 Å². The fourth-order valence-corrected chi connectivity index (χ4v) is 3.06. The average Bonchev–Trinajstić information content (AvgIpc) is 2.38. The first-order valence-corrected chi connectivity index (χ1v) is 7.93. The average molecular weight is 318 g/mol. The van der Waals surface area contributed by atoms with Crippen molar-refractivity contribution in [1.29, 1.82) is 0 Å². The van der Waals surface area contributed by atoms with Gasteiger partial charge in [0.1, 0.15) is 0 Å². The summed E-state index contributed by atoms with van der Waals surface area (Å²) in [6.07, 6.45) is 0.342. The highest BCUT2D eigenvalue weighted by atomic mass is 35.5. The van der Waals surface area contributed by atoms with Crippen molar-refractivity contribution in [3.05, 3.63) is 38.9 Å². The molecule has 20 heavy (non-hydrogen) atoms. The number of benzene rings is 1. The normalized spacial score (nSPS) is 11.7. The van der Waals surface area contributed by atoms with Crippen molar-refractivity contribution >= 4 is 38.3 Å². The SMILES string of the molecule is O=c1[nH]c2ccc(NS(=O)(=O)CCCCl)cc2[nH]c1=O. The summed E-state index contributed by atoms with van der Waals surface area (Å²) in [4.78, 5) is 27.1. The van der Waals surface area contributed by atoms with Crippen molar-refractivity contribution in [2.75, 3.05) is 16.4 Å². The molecule has 0 bridgehead atoms. The van der Waals surface area contributed by atoms with E-state index in [-0.39, 0.29) is 11.6 Å². The van der Waals surface area contributed by atoms with Gasteiger partial charge in [-0.15, -0.1) is 11.6 Å². The first-order chi connectivity index (χ1) is 9.41. The Morgan fingerprint density at radius 1 is 1.10 bits per heavy atom. The van der Waals surface area contributed by atoms with Crippen molar-refractivity contribution in [2.45, 2.75) is 6.42 Å². The van der Waals surface area contributed by atoms with E-state index in [4.69, 9.17) is 11.6 Å². The zero-order valence-electron chi connectivity index (χ0n) is 10.3. The van der Waals surface area contributed by atoms with Gasteiger partial charge in [-0.2, -0.15) is 0 Å². The zero-order valence-corrected chi connectivity index (χ0v) is 11.8. The number of aromatic amines is 2. The van der Waals surface area contributed by atoms with Gasteiger partial charge in [0.2, 0.25) is 10.0 Å². The van der Waals surface area contributed by atoms with Crippen LogP contribution in [0.25, 0.3) is 11.0 Å². The lowest BCUT2D eigenvalue weighted by molar-refractivity contribution is 0.600. The van der Waals surface area contributed by atoms with Crippen molar-refractivity contribution < 1.29 is 8.42 Å². The maximum Gasteiger partial charge on any atom is 0.314 e. The zero-order chi connectivity index (χ0) is 14.8. The molecular formula is C11H12ClN3O4S. The molecule has 0 atom stereocenters. The lowest BCUT2D eigenvalue weighted by atomic mass is 10.3. The molecule has 0 amide bonds. The molecule has 0 aliphatic heterocycles. The van der Waals surface area contributed by atoms with Crippen molar-refractivity contribution in [3.63, 3.8) is 0 Å². The third kappa shape index (κ3) is 3.40. The molecule has 1 aromatic heterocycles. The minimum Gasteiger partial charge on any atom is -0.316 e. The lowest BCUT2D eigenvalue weighted by Gasteiger charge is -2.08. The Balaban J connectivity index is 2.35. The van der Waals surface area contributed by atoms with E-state index in [1.807, 2.05) is 0 Å². The van der Waals surface area contributed by atoms with Crippen LogP contribution in [0.1, 0.15) is 6.42 Å². The van der Waals surface area contributed by atoms with Gasteiger partial charge in [-0.05, 0) is 24.6 Å². The Morgan fingerprint density at radius 2 is 1.75 bits per heavy atom. The van der Waals surface area contributed by atoms with Gasteiger partial charge in [0, 0.05) is 5.88 Å². The fourth-order valence-electron chi connectivity index (χ4n) is 1.65. The largest absolute Gasteiger partial charge is 0.316 e. The molecule has 9 heteroatoms. The number of alkyl halides is 1. The van der Waals surface area contributed by atoms with Crippen LogP contribution < -0.4 is 15.8 Å². The number of aromatic nitrogens is 2. The first-order valence-electron chi connectivity index (χ1n) is 5.74. The summed E-state index contributed by atoms with van der Waals surface area (Å²) in [5.74, 6) is 0.171. The van der Waals surface area contributed by atoms with Gasteiger partial charge in [-0.25, -0.2) is 8.42 Å². The molecule has 0 saturated heterocycles. The van der Waals surface area contributed by atoms with Gasteiger partial charge in [0.15, 0.2) is 0 Å². The minimum absolute atomic E-state index is 0.0866. The molecule has 0 saturated carbocycles. The number of hydrogen-bond acceptors (Lipinski definition) is 4. The second-order valence-electron chi connectivity index (χ2n) is 4.13. The summed E-state index contributed by atoms with van der Waals surface area (Å²) in [5, 5.41) is 0. The van der Waals surface area contributed by atoms with E-state index in [9.17, 15) is 18.0 Å². The highest BCUT2D eigenvalue weighted by Gasteiger charge is 2.10. The predicted molar refractivity (Wildman–Crippen MR) is 77.9 cm³/mol. The summed E-state index contributed by atoms with van der Waals surface area (Å²) in [5.41, 5.74) is -0.493. The van der Waals surface area contributed by atoms with Gasteiger partial charge in [0.05, 0.1) is 22.5 Å². The number of fused-ring (bicyclic) bond motifs is 1. The molecular weight excluding hydrogens is 306 g/mol. The molecule has 0 radical (unpaired) electrons. The Hall–Kier alpha value is -1.80. The summed E-state index contributed by atoms with van der Waals surface area (Å²) in [6.45, 7) is 0. The molecule has 0 aliphatic carbocycles. The van der Waals surface area contributed by atoms with Gasteiger partial charge in [-0.1, -0.05) is 0 Å². The van der Waals surface area contributed by atoms with Crippen molar-refractivity contribution in [3.8, 4) is 0 Å². The molecule has 7 nitrogen and oxygen atoms in total. The van der Waals surface area contributed by atoms with E-state index in [0.29, 0.717) is 23.1 Å². The molecule has 0 aliphatic rings.